The molecular weight excluding hydrogens is 330 g/mol. The molecule has 138 valence electrons. The van der Waals surface area contributed by atoms with Crippen molar-refractivity contribution in [3.8, 4) is 0 Å². The Morgan fingerprint density at radius 1 is 1.23 bits per heavy atom. The number of aliphatic carboxylic acids is 1. The van der Waals surface area contributed by atoms with Crippen LogP contribution in [0.25, 0.3) is 10.8 Å². The number of benzene rings is 2. The third kappa shape index (κ3) is 4.14. The standard InChI is InChI=1S/C20H25N3O3/c1-3-23(12-19(24)25)16-10-15(11-16)21-20(26)22-18-9-13(2)8-14-6-4-5-7-17(14)18/h4-9,15-16H,3,10-12H2,1-2H3,(H,24,25)(H2,21,22,26). The highest BCUT2D eigenvalue weighted by Gasteiger charge is 2.34. The molecule has 6 heteroatoms. The molecule has 1 saturated carbocycles. The van der Waals surface area contributed by atoms with E-state index in [1.54, 1.807) is 0 Å². The number of carboxylic acid groups (broad SMARTS) is 1. The van der Waals surface area contributed by atoms with Crippen LogP contribution in [0.15, 0.2) is 36.4 Å². The van der Waals surface area contributed by atoms with Crippen molar-refractivity contribution in [2.24, 2.45) is 0 Å². The molecule has 1 fully saturated rings. The van der Waals surface area contributed by atoms with Crippen LogP contribution in [0.2, 0.25) is 0 Å². The first-order chi connectivity index (χ1) is 12.5. The van der Waals surface area contributed by atoms with E-state index < -0.39 is 5.97 Å². The quantitative estimate of drug-likeness (QED) is 0.743. The van der Waals surface area contributed by atoms with E-state index in [2.05, 4.69) is 16.7 Å². The molecule has 1 aliphatic carbocycles. The van der Waals surface area contributed by atoms with Gasteiger partial charge in [0.1, 0.15) is 0 Å². The second kappa shape index (κ2) is 7.74. The second-order valence-corrected chi connectivity index (χ2v) is 6.91. The Balaban J connectivity index is 1.57. The Kier molecular flexibility index (Phi) is 5.42. The molecule has 2 amide bonds. The summed E-state index contributed by atoms with van der Waals surface area (Å²) in [5, 5.41) is 17.0. The third-order valence-electron chi connectivity index (χ3n) is 4.96. The van der Waals surface area contributed by atoms with Crippen LogP contribution >= 0.6 is 0 Å². The lowest BCUT2D eigenvalue weighted by atomic mass is 9.85. The van der Waals surface area contributed by atoms with Crippen LogP contribution in [0.1, 0.15) is 25.3 Å². The highest BCUT2D eigenvalue weighted by atomic mass is 16.4. The smallest absolute Gasteiger partial charge is 0.319 e. The summed E-state index contributed by atoms with van der Waals surface area (Å²) in [7, 11) is 0. The van der Waals surface area contributed by atoms with Crippen molar-refractivity contribution in [1.82, 2.24) is 10.2 Å². The lowest BCUT2D eigenvalue weighted by molar-refractivity contribution is -0.139. The van der Waals surface area contributed by atoms with Gasteiger partial charge >= 0.3 is 12.0 Å². The monoisotopic (exact) mass is 355 g/mol. The molecule has 0 saturated heterocycles. The van der Waals surface area contributed by atoms with Crippen molar-refractivity contribution in [3.05, 3.63) is 42.0 Å². The van der Waals surface area contributed by atoms with Gasteiger partial charge in [-0.15, -0.1) is 0 Å². The van der Waals surface area contributed by atoms with Crippen molar-refractivity contribution in [3.63, 3.8) is 0 Å². The summed E-state index contributed by atoms with van der Waals surface area (Å²) < 4.78 is 0. The predicted octanol–water partition coefficient (Wildman–Crippen LogP) is 3.21. The maximum Gasteiger partial charge on any atom is 0.319 e. The topological polar surface area (TPSA) is 81.7 Å². The number of carboxylic acids is 1. The second-order valence-electron chi connectivity index (χ2n) is 6.91. The Hall–Kier alpha value is -2.60. The van der Waals surface area contributed by atoms with Crippen molar-refractivity contribution < 1.29 is 14.7 Å². The molecule has 3 rings (SSSR count). The van der Waals surface area contributed by atoms with E-state index >= 15 is 0 Å². The number of carbonyl (C=O) groups excluding carboxylic acids is 1. The highest BCUT2D eigenvalue weighted by Crippen LogP contribution is 2.27. The summed E-state index contributed by atoms with van der Waals surface area (Å²) in [5.41, 5.74) is 1.89. The summed E-state index contributed by atoms with van der Waals surface area (Å²) in [5.74, 6) is -0.813. The Bertz CT molecular complexity index is 815. The van der Waals surface area contributed by atoms with Gasteiger partial charge in [0, 0.05) is 17.5 Å². The molecular formula is C20H25N3O3. The Morgan fingerprint density at radius 3 is 2.65 bits per heavy atom. The molecule has 0 radical (unpaired) electrons. The molecule has 2 aromatic carbocycles. The van der Waals surface area contributed by atoms with Gasteiger partial charge in [0.2, 0.25) is 0 Å². The number of carbonyl (C=O) groups is 2. The number of hydrogen-bond acceptors (Lipinski definition) is 3. The average molecular weight is 355 g/mol. The van der Waals surface area contributed by atoms with Crippen molar-refractivity contribution in [1.29, 1.82) is 0 Å². The third-order valence-corrected chi connectivity index (χ3v) is 4.96. The number of fused-ring (bicyclic) bond motifs is 1. The van der Waals surface area contributed by atoms with Crippen LogP contribution in [0, 0.1) is 6.92 Å². The first-order valence-corrected chi connectivity index (χ1v) is 8.99. The fraction of sp³-hybridized carbons (Fsp3) is 0.400. The van der Waals surface area contributed by atoms with Gasteiger partial charge in [-0.3, -0.25) is 9.69 Å². The summed E-state index contributed by atoms with van der Waals surface area (Å²) in [4.78, 5) is 25.2. The molecule has 3 N–H and O–H groups in total. The molecule has 2 aromatic rings. The van der Waals surface area contributed by atoms with Crippen molar-refractivity contribution in [2.75, 3.05) is 18.4 Å². The average Bonchev–Trinajstić information content (AvgIpc) is 2.55. The van der Waals surface area contributed by atoms with E-state index in [1.165, 1.54) is 0 Å². The number of rotatable bonds is 6. The number of anilines is 1. The van der Waals surface area contributed by atoms with Gasteiger partial charge in [0.25, 0.3) is 0 Å². The number of urea groups is 1. The van der Waals surface area contributed by atoms with E-state index in [4.69, 9.17) is 5.11 Å². The van der Waals surface area contributed by atoms with E-state index in [0.29, 0.717) is 6.54 Å². The van der Waals surface area contributed by atoms with Gasteiger partial charge in [0.05, 0.1) is 12.2 Å². The maximum atomic E-state index is 12.4. The van der Waals surface area contributed by atoms with Gasteiger partial charge in [-0.05, 0) is 43.3 Å². The van der Waals surface area contributed by atoms with Gasteiger partial charge in [-0.25, -0.2) is 4.79 Å². The molecule has 26 heavy (non-hydrogen) atoms. The molecule has 0 aliphatic heterocycles. The molecule has 1 aliphatic rings. The van der Waals surface area contributed by atoms with Crippen molar-refractivity contribution >= 4 is 28.5 Å². The fourth-order valence-corrected chi connectivity index (χ4v) is 3.58. The molecule has 6 nitrogen and oxygen atoms in total. The van der Waals surface area contributed by atoms with E-state index in [-0.39, 0.29) is 24.7 Å². The molecule has 0 bridgehead atoms. The number of aryl methyl sites for hydroxylation is 1. The zero-order valence-corrected chi connectivity index (χ0v) is 15.2. The van der Waals surface area contributed by atoms with E-state index in [9.17, 15) is 9.59 Å². The van der Waals surface area contributed by atoms with Gasteiger partial charge in [0.15, 0.2) is 0 Å². The van der Waals surface area contributed by atoms with Crippen LogP contribution in [-0.4, -0.2) is 47.2 Å². The fourth-order valence-electron chi connectivity index (χ4n) is 3.58. The number of hydrogen-bond donors (Lipinski definition) is 3. The van der Waals surface area contributed by atoms with E-state index in [0.717, 1.165) is 34.9 Å². The van der Waals surface area contributed by atoms with Crippen LogP contribution in [0.4, 0.5) is 10.5 Å². The molecule has 0 heterocycles. The number of likely N-dealkylation sites (N-methyl/N-ethyl adjacent to an activating group) is 1. The summed E-state index contributed by atoms with van der Waals surface area (Å²) in [6.07, 6.45) is 1.56. The van der Waals surface area contributed by atoms with Crippen LogP contribution < -0.4 is 10.6 Å². The predicted molar refractivity (Wildman–Crippen MR) is 103 cm³/mol. The first-order valence-electron chi connectivity index (χ1n) is 8.99. The highest BCUT2D eigenvalue weighted by molar-refractivity contribution is 6.02. The Morgan fingerprint density at radius 2 is 1.96 bits per heavy atom. The lowest BCUT2D eigenvalue weighted by Crippen LogP contribution is -2.55. The molecule has 0 aromatic heterocycles. The van der Waals surface area contributed by atoms with E-state index in [1.807, 2.05) is 49.1 Å². The van der Waals surface area contributed by atoms with Crippen LogP contribution in [-0.2, 0) is 4.79 Å². The van der Waals surface area contributed by atoms with Gasteiger partial charge in [-0.1, -0.05) is 37.3 Å². The maximum absolute atomic E-state index is 12.4. The number of amides is 2. The zero-order chi connectivity index (χ0) is 18.7. The largest absolute Gasteiger partial charge is 0.480 e. The summed E-state index contributed by atoms with van der Waals surface area (Å²) in [6.45, 7) is 4.72. The lowest BCUT2D eigenvalue weighted by Gasteiger charge is -2.42. The summed E-state index contributed by atoms with van der Waals surface area (Å²) in [6, 6.07) is 12.1. The normalized spacial score (nSPS) is 19.2. The molecule has 0 spiro atoms. The van der Waals surface area contributed by atoms with Crippen molar-refractivity contribution in [2.45, 2.75) is 38.8 Å². The molecule has 0 unspecified atom stereocenters. The minimum atomic E-state index is -0.813. The van der Waals surface area contributed by atoms with Crippen LogP contribution in [0.3, 0.4) is 0 Å². The van der Waals surface area contributed by atoms with Gasteiger partial charge in [-0.2, -0.15) is 0 Å². The first kappa shape index (κ1) is 18.2. The number of nitrogens with one attached hydrogen (secondary N) is 2. The van der Waals surface area contributed by atoms with Gasteiger partial charge < -0.3 is 15.7 Å². The summed E-state index contributed by atoms with van der Waals surface area (Å²) >= 11 is 0. The zero-order valence-electron chi connectivity index (χ0n) is 15.2. The van der Waals surface area contributed by atoms with Crippen LogP contribution in [0.5, 0.6) is 0 Å². The SMILES string of the molecule is CCN(CC(=O)O)C1CC(NC(=O)Nc2cc(C)cc3ccccc23)C1. The number of nitrogens with zero attached hydrogens (tertiary/aromatic N) is 1. The molecule has 0 atom stereocenters. The minimum Gasteiger partial charge on any atom is -0.480 e. The Labute approximate surface area is 153 Å². The minimum absolute atomic E-state index is 0.0510.